The van der Waals surface area contributed by atoms with E-state index in [0.717, 1.165) is 5.57 Å². The number of carbonyl (C=O) groups is 6. The Labute approximate surface area is 466 Å². The molecule has 11 atom stereocenters. The molecule has 2 bridgehead atoms. The van der Waals surface area contributed by atoms with Crippen molar-refractivity contribution in [2.45, 2.75) is 246 Å². The van der Waals surface area contributed by atoms with E-state index >= 15 is 9.59 Å². The van der Waals surface area contributed by atoms with Gasteiger partial charge >= 0.3 is 30.1 Å². The van der Waals surface area contributed by atoms with Gasteiger partial charge in [0, 0.05) is 31.7 Å². The second-order valence-corrected chi connectivity index (χ2v) is 35.2. The molecule has 0 aromatic heterocycles. The van der Waals surface area contributed by atoms with Crippen LogP contribution in [0, 0.1) is 16.7 Å². The second kappa shape index (κ2) is 24.4. The molecule has 17 nitrogen and oxygen atoms in total. The molecule has 19 heteroatoms. The molecular weight excluding hydrogens is 1030 g/mol. The summed E-state index contributed by atoms with van der Waals surface area (Å²) in [5.41, 5.74) is -7.29. The van der Waals surface area contributed by atoms with Gasteiger partial charge < -0.3 is 53.0 Å². The number of rotatable bonds is 20. The highest BCUT2D eigenvalue weighted by Crippen LogP contribution is 2.65. The number of ether oxygens (including phenoxy) is 6. The zero-order chi connectivity index (χ0) is 58.9. The Balaban J connectivity index is 1.91. The molecule has 2 amide bonds. The van der Waals surface area contributed by atoms with E-state index in [9.17, 15) is 24.3 Å². The fraction of sp³-hybridized carbons (Fsp3) is 0.729. The molecule has 1 saturated heterocycles. The van der Waals surface area contributed by atoms with Crippen molar-refractivity contribution in [2.75, 3.05) is 13.2 Å². The molecule has 1 aromatic rings. The summed E-state index contributed by atoms with van der Waals surface area (Å²) in [5.74, 6) is -4.55. The van der Waals surface area contributed by atoms with Crippen molar-refractivity contribution >= 4 is 52.5 Å². The standard InChI is InChI=1S/C59H94N2O15Si2/c1-21-60-53(66)71-47-45-38(13)42(70-52(65)46(76-78(35(7)8,36(9)10)37(11)12)41(30-34(5)6)61-54(67)74-55(15,16)17)32-59(68,56(45,18)19)50(72-51(64)40-28-26-25-27-29-40)48-57(20,49(47)63)43(75-77(22-2,23-3)24-4)31-44-58(48,33-69-44)73-39(14)62/h25-30,35-37,41-44,46-48,50,68H,21-24,31-33H2,1-20H3,(H,60,66)(H,61,67)/t41-,42-,43-,44+,46+,47+,48-,50-,57+,58-,59+/m0/s1. The van der Waals surface area contributed by atoms with Crippen LogP contribution in [0.5, 0.6) is 0 Å². The predicted molar refractivity (Wildman–Crippen MR) is 302 cm³/mol. The van der Waals surface area contributed by atoms with Crippen LogP contribution in [0.2, 0.25) is 34.8 Å². The molecule has 0 radical (unpaired) electrons. The van der Waals surface area contributed by atoms with E-state index < -0.39 is 135 Å². The van der Waals surface area contributed by atoms with E-state index in [1.807, 2.05) is 13.8 Å². The van der Waals surface area contributed by atoms with Crippen LogP contribution in [0.25, 0.3) is 0 Å². The average Bonchev–Trinajstić information content (AvgIpc) is 3.48. The number of nitrogens with one attached hydrogen (secondary N) is 2. The monoisotopic (exact) mass is 1130 g/mol. The molecule has 3 fully saturated rings. The number of carbonyl (C=O) groups excluding carboxylic acids is 6. The molecule has 4 aliphatic rings. The molecule has 5 rings (SSSR count). The Morgan fingerprint density at radius 1 is 0.859 bits per heavy atom. The number of allylic oxidation sites excluding steroid dienone is 1. The second-order valence-electron chi connectivity index (χ2n) is 25.1. The third-order valence-electron chi connectivity index (χ3n) is 17.8. The molecule has 2 saturated carbocycles. The van der Waals surface area contributed by atoms with Crippen molar-refractivity contribution in [2.24, 2.45) is 16.7 Å². The summed E-state index contributed by atoms with van der Waals surface area (Å²) in [4.78, 5) is 89.1. The van der Waals surface area contributed by atoms with Gasteiger partial charge in [0.05, 0.1) is 35.6 Å². The maximum absolute atomic E-state index is 16.8. The van der Waals surface area contributed by atoms with Crippen molar-refractivity contribution in [3.05, 3.63) is 58.7 Å². The summed E-state index contributed by atoms with van der Waals surface area (Å²) in [5, 5.41) is 20.1. The summed E-state index contributed by atoms with van der Waals surface area (Å²) < 4.78 is 53.3. The number of esters is 3. The first-order valence-electron chi connectivity index (χ1n) is 28.3. The average molecular weight is 1130 g/mol. The molecule has 3 N–H and O–H groups in total. The summed E-state index contributed by atoms with van der Waals surface area (Å²) in [7, 11) is -5.71. The van der Waals surface area contributed by atoms with Crippen molar-refractivity contribution in [3.8, 4) is 0 Å². The fourth-order valence-corrected chi connectivity index (χ4v) is 22.2. The van der Waals surface area contributed by atoms with Crippen LogP contribution in [0.1, 0.15) is 162 Å². The molecule has 438 valence electrons. The molecule has 0 spiro atoms. The lowest BCUT2D eigenvalue weighted by Crippen LogP contribution is -2.82. The van der Waals surface area contributed by atoms with E-state index in [0.29, 0.717) is 23.7 Å². The zero-order valence-electron chi connectivity index (χ0n) is 50.4. The maximum Gasteiger partial charge on any atom is 0.408 e. The van der Waals surface area contributed by atoms with Gasteiger partial charge in [0.25, 0.3) is 0 Å². The van der Waals surface area contributed by atoms with Crippen LogP contribution >= 0.6 is 0 Å². The number of ketones is 1. The zero-order valence-corrected chi connectivity index (χ0v) is 52.4. The van der Waals surface area contributed by atoms with Crippen LogP contribution in [-0.2, 0) is 51.7 Å². The number of hydrogen-bond acceptors (Lipinski definition) is 15. The number of aliphatic hydroxyl groups is 1. The quantitative estimate of drug-likeness (QED) is 0.0478. The lowest BCUT2D eigenvalue weighted by atomic mass is 9.44. The highest BCUT2D eigenvalue weighted by Gasteiger charge is 2.79. The molecule has 78 heavy (non-hydrogen) atoms. The normalized spacial score (nSPS) is 28.6. The fourth-order valence-electron chi connectivity index (χ4n) is 13.7. The topological polar surface area (TPSA) is 221 Å². The maximum atomic E-state index is 16.8. The van der Waals surface area contributed by atoms with Crippen molar-refractivity contribution in [1.29, 1.82) is 0 Å². The van der Waals surface area contributed by atoms with Crippen LogP contribution < -0.4 is 10.6 Å². The van der Waals surface area contributed by atoms with E-state index in [1.54, 1.807) is 91.8 Å². The van der Waals surface area contributed by atoms with Crippen molar-refractivity contribution < 1.29 is 71.1 Å². The third-order valence-corrected chi connectivity index (χ3v) is 28.5. The van der Waals surface area contributed by atoms with Crippen LogP contribution in [-0.4, -0.2) is 130 Å². The van der Waals surface area contributed by atoms with Gasteiger partial charge in [-0.2, -0.15) is 0 Å². The number of alkyl carbamates (subject to hydrolysis) is 2. The highest BCUT2D eigenvalue weighted by molar-refractivity contribution is 6.77. The number of Topliss-reactive ketones (excluding diaryl/α,β-unsaturated/α-hetero) is 1. The number of benzene rings is 1. The molecule has 3 aliphatic carbocycles. The van der Waals surface area contributed by atoms with Crippen molar-refractivity contribution in [1.82, 2.24) is 10.6 Å². The number of amides is 2. The Morgan fingerprint density at radius 2 is 1.44 bits per heavy atom. The number of fused-ring (bicyclic) bond motifs is 5. The lowest BCUT2D eigenvalue weighted by molar-refractivity contribution is -0.344. The lowest BCUT2D eigenvalue weighted by Gasteiger charge is -2.68. The predicted octanol–water partition coefficient (Wildman–Crippen LogP) is 10.8. The van der Waals surface area contributed by atoms with E-state index in [4.69, 9.17) is 37.3 Å². The van der Waals surface area contributed by atoms with Gasteiger partial charge in [0.2, 0.25) is 8.32 Å². The van der Waals surface area contributed by atoms with Gasteiger partial charge in [-0.25, -0.2) is 19.2 Å². The van der Waals surface area contributed by atoms with Gasteiger partial charge in [0.15, 0.2) is 31.9 Å². The van der Waals surface area contributed by atoms with Crippen LogP contribution in [0.4, 0.5) is 9.59 Å². The highest BCUT2D eigenvalue weighted by atomic mass is 28.4. The Bertz CT molecular complexity index is 2400. The molecular formula is C59H94N2O15Si2. The van der Waals surface area contributed by atoms with E-state index in [-0.39, 0.29) is 47.3 Å². The molecule has 1 heterocycles. The van der Waals surface area contributed by atoms with Gasteiger partial charge in [-0.3, -0.25) is 9.59 Å². The Hall–Kier alpha value is -4.41. The van der Waals surface area contributed by atoms with Gasteiger partial charge in [0.1, 0.15) is 29.5 Å². The summed E-state index contributed by atoms with van der Waals surface area (Å²) >= 11 is 0. The van der Waals surface area contributed by atoms with Gasteiger partial charge in [-0.1, -0.05) is 106 Å². The molecule has 1 aromatic carbocycles. The first-order valence-corrected chi connectivity index (χ1v) is 33.0. The SMILES string of the molecule is CCNC(=O)O[C@H]1C(=O)[C@]2(C)[C@@H](O[Si](CC)(CC)CC)C[C@H]3OC[C@@]3(OC(C)=O)[C@H]2[C@H](OC(=O)c2ccccc2)[C@]2(O)C[C@H](OC(=O)[C@H](O[Si](C(C)C)(C(C)C)C(C)C)[C@H](C=C(C)C)NC(=O)OC(C)(C)C)C(C)=C1C2(C)C. The smallest absolute Gasteiger partial charge is 0.408 e. The third kappa shape index (κ3) is 12.1. The molecule has 1 aliphatic heterocycles. The van der Waals surface area contributed by atoms with E-state index in [2.05, 4.69) is 72.9 Å². The Morgan fingerprint density at radius 3 is 1.91 bits per heavy atom. The summed E-state index contributed by atoms with van der Waals surface area (Å²) in [6, 6.07) is 9.14. The first-order chi connectivity index (χ1) is 36.1. The minimum atomic E-state index is -3.03. The van der Waals surface area contributed by atoms with E-state index in [1.165, 1.54) is 6.92 Å². The largest absolute Gasteiger partial charge is 0.456 e. The molecule has 0 unspecified atom stereocenters. The minimum Gasteiger partial charge on any atom is -0.456 e. The Kier molecular flexibility index (Phi) is 20.1. The van der Waals surface area contributed by atoms with Crippen molar-refractivity contribution in [3.63, 3.8) is 0 Å². The minimum absolute atomic E-state index is 0.0344. The van der Waals surface area contributed by atoms with Crippen LogP contribution in [0.15, 0.2) is 53.1 Å². The van der Waals surface area contributed by atoms with Gasteiger partial charge in [-0.15, -0.1) is 0 Å². The first kappa shape index (κ1) is 64.4. The number of hydrogen-bond donors (Lipinski definition) is 3. The summed E-state index contributed by atoms with van der Waals surface area (Å²) in [6.07, 6.45) is -8.72. The van der Waals surface area contributed by atoms with Crippen LogP contribution in [0.3, 0.4) is 0 Å². The summed E-state index contributed by atoms with van der Waals surface area (Å²) in [6.45, 7) is 37.0. The van der Waals surface area contributed by atoms with Gasteiger partial charge in [-0.05, 0) is 113 Å².